The first-order valence-electron chi connectivity index (χ1n) is 7.93. The van der Waals surface area contributed by atoms with Crippen LogP contribution in [0.1, 0.15) is 29.0 Å². The molecule has 0 fully saturated rings. The maximum absolute atomic E-state index is 12.3. The van der Waals surface area contributed by atoms with Crippen LogP contribution in [0.15, 0.2) is 60.9 Å². The Labute approximate surface area is 161 Å². The molecule has 0 spiro atoms. The van der Waals surface area contributed by atoms with Gasteiger partial charge in [0, 0.05) is 0 Å². The van der Waals surface area contributed by atoms with Crippen LogP contribution in [0.25, 0.3) is 0 Å². The molecule has 1 unspecified atom stereocenters. The SMILES string of the molecule is CC(NC(=O)c1cnc(Nc2c(Cl)cccc2Cl)cn1)c1ccccc1. The lowest BCUT2D eigenvalue weighted by atomic mass is 10.1. The number of nitrogens with zero attached hydrogens (tertiary/aromatic N) is 2. The molecule has 0 saturated carbocycles. The quantitative estimate of drug-likeness (QED) is 0.645. The van der Waals surface area contributed by atoms with E-state index < -0.39 is 0 Å². The van der Waals surface area contributed by atoms with Crippen LogP contribution >= 0.6 is 23.2 Å². The van der Waals surface area contributed by atoms with Crippen molar-refractivity contribution in [2.24, 2.45) is 0 Å². The highest BCUT2D eigenvalue weighted by Gasteiger charge is 2.13. The van der Waals surface area contributed by atoms with Crippen LogP contribution in [-0.4, -0.2) is 15.9 Å². The predicted octanol–water partition coefficient (Wildman–Crippen LogP) is 5.02. The van der Waals surface area contributed by atoms with Crippen LogP contribution in [0.4, 0.5) is 11.5 Å². The summed E-state index contributed by atoms with van der Waals surface area (Å²) in [5.41, 5.74) is 1.78. The monoisotopic (exact) mass is 386 g/mol. The van der Waals surface area contributed by atoms with Gasteiger partial charge in [-0.2, -0.15) is 0 Å². The van der Waals surface area contributed by atoms with Crippen molar-refractivity contribution in [2.75, 3.05) is 5.32 Å². The van der Waals surface area contributed by atoms with Crippen molar-refractivity contribution in [1.82, 2.24) is 15.3 Å². The third kappa shape index (κ3) is 4.31. The van der Waals surface area contributed by atoms with Crippen molar-refractivity contribution in [2.45, 2.75) is 13.0 Å². The number of hydrogen-bond donors (Lipinski definition) is 2. The predicted molar refractivity (Wildman–Crippen MR) is 104 cm³/mol. The lowest BCUT2D eigenvalue weighted by Gasteiger charge is -2.14. The summed E-state index contributed by atoms with van der Waals surface area (Å²) in [7, 11) is 0. The Morgan fingerprint density at radius 3 is 2.27 bits per heavy atom. The molecule has 2 N–H and O–H groups in total. The number of benzene rings is 2. The number of aromatic nitrogens is 2. The topological polar surface area (TPSA) is 66.9 Å². The van der Waals surface area contributed by atoms with Gasteiger partial charge in [-0.15, -0.1) is 0 Å². The summed E-state index contributed by atoms with van der Waals surface area (Å²) in [4.78, 5) is 20.7. The third-order valence-electron chi connectivity index (χ3n) is 3.75. The van der Waals surface area contributed by atoms with E-state index in [0.29, 0.717) is 21.6 Å². The molecule has 7 heteroatoms. The van der Waals surface area contributed by atoms with Crippen molar-refractivity contribution < 1.29 is 4.79 Å². The molecule has 2 aromatic carbocycles. The van der Waals surface area contributed by atoms with Gasteiger partial charge in [0.05, 0.1) is 34.2 Å². The van der Waals surface area contributed by atoms with Gasteiger partial charge in [-0.05, 0) is 24.6 Å². The minimum atomic E-state index is -0.295. The number of hydrogen-bond acceptors (Lipinski definition) is 4. The Balaban J connectivity index is 1.68. The molecule has 132 valence electrons. The van der Waals surface area contributed by atoms with E-state index in [9.17, 15) is 4.79 Å². The number of para-hydroxylation sites is 1. The summed E-state index contributed by atoms with van der Waals surface area (Å²) >= 11 is 12.2. The van der Waals surface area contributed by atoms with Crippen molar-refractivity contribution in [3.8, 4) is 0 Å². The summed E-state index contributed by atoms with van der Waals surface area (Å²) in [5, 5.41) is 6.84. The van der Waals surface area contributed by atoms with Crippen LogP contribution in [0.3, 0.4) is 0 Å². The molecule has 26 heavy (non-hydrogen) atoms. The van der Waals surface area contributed by atoms with Gasteiger partial charge in [-0.25, -0.2) is 9.97 Å². The normalized spacial score (nSPS) is 11.7. The fraction of sp³-hybridized carbons (Fsp3) is 0.105. The molecule has 0 aliphatic rings. The van der Waals surface area contributed by atoms with Gasteiger partial charge in [0.15, 0.2) is 0 Å². The Hall–Kier alpha value is -2.63. The maximum Gasteiger partial charge on any atom is 0.271 e. The fourth-order valence-corrected chi connectivity index (χ4v) is 2.84. The standard InChI is InChI=1S/C19H16Cl2N4O/c1-12(13-6-3-2-4-7-13)24-19(26)16-10-23-17(11-22-16)25-18-14(20)8-5-9-15(18)21/h2-12H,1H3,(H,23,25)(H,24,26). The zero-order valence-corrected chi connectivity index (χ0v) is 15.4. The molecule has 0 saturated heterocycles. The van der Waals surface area contributed by atoms with Crippen LogP contribution in [0, 0.1) is 0 Å². The zero-order chi connectivity index (χ0) is 18.5. The highest BCUT2D eigenvalue weighted by atomic mass is 35.5. The van der Waals surface area contributed by atoms with Crippen molar-refractivity contribution in [1.29, 1.82) is 0 Å². The van der Waals surface area contributed by atoms with Gasteiger partial charge in [-0.3, -0.25) is 4.79 Å². The van der Waals surface area contributed by atoms with Gasteiger partial charge >= 0.3 is 0 Å². The van der Waals surface area contributed by atoms with E-state index in [1.807, 2.05) is 37.3 Å². The molecular formula is C19H16Cl2N4O. The Kier molecular flexibility index (Phi) is 5.71. The molecule has 1 amide bonds. The molecular weight excluding hydrogens is 371 g/mol. The second kappa shape index (κ2) is 8.17. The van der Waals surface area contributed by atoms with Gasteiger partial charge in [0.1, 0.15) is 11.5 Å². The second-order valence-corrected chi connectivity index (χ2v) is 6.43. The number of carbonyl (C=O) groups is 1. The first kappa shape index (κ1) is 18.2. The fourth-order valence-electron chi connectivity index (χ4n) is 2.35. The molecule has 1 atom stereocenters. The lowest BCUT2D eigenvalue weighted by molar-refractivity contribution is 0.0934. The summed E-state index contributed by atoms with van der Waals surface area (Å²) in [6, 6.07) is 14.8. The Morgan fingerprint density at radius 1 is 0.962 bits per heavy atom. The Morgan fingerprint density at radius 2 is 1.65 bits per heavy atom. The number of rotatable bonds is 5. The van der Waals surface area contributed by atoms with Crippen molar-refractivity contribution in [3.63, 3.8) is 0 Å². The van der Waals surface area contributed by atoms with Crippen molar-refractivity contribution >= 4 is 40.6 Å². The summed E-state index contributed by atoms with van der Waals surface area (Å²) in [6.07, 6.45) is 2.86. The van der Waals surface area contributed by atoms with Crippen LogP contribution in [0.5, 0.6) is 0 Å². The molecule has 0 aliphatic heterocycles. The van der Waals surface area contributed by atoms with Crippen LogP contribution in [-0.2, 0) is 0 Å². The molecule has 0 aliphatic carbocycles. The third-order valence-corrected chi connectivity index (χ3v) is 4.38. The van der Waals surface area contributed by atoms with E-state index in [1.165, 1.54) is 12.4 Å². The number of halogens is 2. The largest absolute Gasteiger partial charge is 0.344 e. The molecule has 1 aromatic heterocycles. The minimum Gasteiger partial charge on any atom is -0.344 e. The maximum atomic E-state index is 12.3. The van der Waals surface area contributed by atoms with E-state index in [1.54, 1.807) is 18.2 Å². The van der Waals surface area contributed by atoms with E-state index in [0.717, 1.165) is 5.56 Å². The average Bonchev–Trinajstić information content (AvgIpc) is 2.66. The minimum absolute atomic E-state index is 0.134. The number of amides is 1. The van der Waals surface area contributed by atoms with Gasteiger partial charge in [0.2, 0.25) is 0 Å². The summed E-state index contributed by atoms with van der Waals surface area (Å²) in [5.74, 6) is 0.142. The van der Waals surface area contributed by atoms with E-state index in [-0.39, 0.29) is 17.6 Å². The molecule has 0 radical (unpaired) electrons. The number of anilines is 2. The average molecular weight is 387 g/mol. The highest BCUT2D eigenvalue weighted by molar-refractivity contribution is 6.39. The Bertz CT molecular complexity index is 881. The van der Waals surface area contributed by atoms with Gasteiger partial charge in [-0.1, -0.05) is 59.6 Å². The summed E-state index contributed by atoms with van der Waals surface area (Å²) < 4.78 is 0. The van der Waals surface area contributed by atoms with E-state index >= 15 is 0 Å². The number of carbonyl (C=O) groups excluding carboxylic acids is 1. The molecule has 0 bridgehead atoms. The molecule has 1 heterocycles. The zero-order valence-electron chi connectivity index (χ0n) is 13.9. The lowest BCUT2D eigenvalue weighted by Crippen LogP contribution is -2.27. The second-order valence-electron chi connectivity index (χ2n) is 5.61. The molecule has 3 aromatic rings. The van der Waals surface area contributed by atoms with Crippen molar-refractivity contribution in [3.05, 3.63) is 82.2 Å². The van der Waals surface area contributed by atoms with E-state index in [2.05, 4.69) is 20.6 Å². The molecule has 5 nitrogen and oxygen atoms in total. The van der Waals surface area contributed by atoms with Gasteiger partial charge < -0.3 is 10.6 Å². The smallest absolute Gasteiger partial charge is 0.271 e. The van der Waals surface area contributed by atoms with Crippen LogP contribution < -0.4 is 10.6 Å². The van der Waals surface area contributed by atoms with Gasteiger partial charge in [0.25, 0.3) is 5.91 Å². The number of nitrogens with one attached hydrogen (secondary N) is 2. The molecule has 3 rings (SSSR count). The summed E-state index contributed by atoms with van der Waals surface area (Å²) in [6.45, 7) is 1.91. The first-order chi connectivity index (χ1) is 12.5. The van der Waals surface area contributed by atoms with E-state index in [4.69, 9.17) is 23.2 Å². The van der Waals surface area contributed by atoms with Crippen LogP contribution in [0.2, 0.25) is 10.0 Å². The first-order valence-corrected chi connectivity index (χ1v) is 8.69. The highest BCUT2D eigenvalue weighted by Crippen LogP contribution is 2.31.